The molecule has 0 saturated carbocycles. The highest BCUT2D eigenvalue weighted by molar-refractivity contribution is 7.99. The van der Waals surface area contributed by atoms with E-state index in [1.54, 1.807) is 0 Å². The minimum atomic E-state index is -0.0536. The lowest BCUT2D eigenvalue weighted by molar-refractivity contribution is -0.113. The van der Waals surface area contributed by atoms with Crippen LogP contribution in [0.5, 0.6) is 0 Å². The molecule has 1 heterocycles. The van der Waals surface area contributed by atoms with Gasteiger partial charge in [0.15, 0.2) is 0 Å². The Balaban J connectivity index is 1.82. The second-order valence-electron chi connectivity index (χ2n) is 4.31. The Morgan fingerprint density at radius 2 is 2.00 bits per heavy atom. The number of carbonyl (C=O) groups excluding carboxylic acids is 1. The Kier molecular flexibility index (Phi) is 5.17. The van der Waals surface area contributed by atoms with Crippen molar-refractivity contribution in [3.05, 3.63) is 35.7 Å². The number of benzene rings is 1. The van der Waals surface area contributed by atoms with Crippen molar-refractivity contribution in [1.29, 1.82) is 0 Å². The van der Waals surface area contributed by atoms with Crippen LogP contribution in [0.3, 0.4) is 0 Å². The molecule has 0 saturated heterocycles. The molecule has 1 aromatic heterocycles. The lowest BCUT2D eigenvalue weighted by Gasteiger charge is -2.04. The van der Waals surface area contributed by atoms with Crippen LogP contribution >= 0.6 is 11.8 Å². The maximum absolute atomic E-state index is 11.8. The number of amides is 1. The average Bonchev–Trinajstić information content (AvgIpc) is 2.94. The van der Waals surface area contributed by atoms with Gasteiger partial charge in [-0.15, -0.1) is 5.10 Å². The molecule has 0 aliphatic carbocycles. The van der Waals surface area contributed by atoms with Crippen molar-refractivity contribution in [3.8, 4) is 0 Å². The molecule has 2 N–H and O–H groups in total. The molecule has 5 nitrogen and oxygen atoms in total. The highest BCUT2D eigenvalue weighted by Crippen LogP contribution is 2.14. The van der Waals surface area contributed by atoms with E-state index in [1.807, 2.05) is 31.2 Å². The highest BCUT2D eigenvalue weighted by Gasteiger charge is 2.07. The predicted octanol–water partition coefficient (Wildman–Crippen LogP) is 2.66. The SMILES string of the molecule is CCc1ccc(NC(=O)CSc2n[nH]c(CC)n2)cc1. The average molecular weight is 290 g/mol. The first-order chi connectivity index (χ1) is 9.71. The van der Waals surface area contributed by atoms with E-state index in [0.717, 1.165) is 24.4 Å². The van der Waals surface area contributed by atoms with E-state index >= 15 is 0 Å². The van der Waals surface area contributed by atoms with Gasteiger partial charge in [0.25, 0.3) is 0 Å². The van der Waals surface area contributed by atoms with Crippen LogP contribution in [-0.4, -0.2) is 26.8 Å². The number of thioether (sulfide) groups is 1. The number of hydrogen-bond donors (Lipinski definition) is 2. The van der Waals surface area contributed by atoms with Gasteiger partial charge in [0.2, 0.25) is 11.1 Å². The van der Waals surface area contributed by atoms with Crippen LogP contribution in [0.2, 0.25) is 0 Å². The molecule has 6 heteroatoms. The van der Waals surface area contributed by atoms with Crippen molar-refractivity contribution < 1.29 is 4.79 Å². The lowest BCUT2D eigenvalue weighted by atomic mass is 10.1. The molecule has 0 fully saturated rings. The van der Waals surface area contributed by atoms with E-state index in [4.69, 9.17) is 0 Å². The van der Waals surface area contributed by atoms with E-state index in [-0.39, 0.29) is 5.91 Å². The molecule has 2 aromatic rings. The number of hydrogen-bond acceptors (Lipinski definition) is 4. The molecule has 0 unspecified atom stereocenters. The molecule has 0 bridgehead atoms. The van der Waals surface area contributed by atoms with Gasteiger partial charge in [0.1, 0.15) is 5.82 Å². The Labute approximate surface area is 122 Å². The topological polar surface area (TPSA) is 70.7 Å². The van der Waals surface area contributed by atoms with Crippen LogP contribution in [0, 0.1) is 0 Å². The molecule has 0 radical (unpaired) electrons. The van der Waals surface area contributed by atoms with Crippen molar-refractivity contribution in [3.63, 3.8) is 0 Å². The molecule has 0 aliphatic rings. The Morgan fingerprint density at radius 1 is 1.25 bits per heavy atom. The normalized spacial score (nSPS) is 10.5. The quantitative estimate of drug-likeness (QED) is 0.802. The minimum absolute atomic E-state index is 0.0536. The van der Waals surface area contributed by atoms with Crippen molar-refractivity contribution in [2.45, 2.75) is 31.8 Å². The first-order valence-corrected chi connectivity index (χ1v) is 7.62. The molecule has 0 atom stereocenters. The molecular weight excluding hydrogens is 272 g/mol. The van der Waals surface area contributed by atoms with Crippen LogP contribution in [0.4, 0.5) is 5.69 Å². The van der Waals surface area contributed by atoms with E-state index in [0.29, 0.717) is 10.9 Å². The Bertz CT molecular complexity index is 565. The van der Waals surface area contributed by atoms with Gasteiger partial charge in [-0.05, 0) is 24.1 Å². The molecular formula is C14H18N4OS. The summed E-state index contributed by atoms with van der Waals surface area (Å²) in [5, 5.41) is 10.3. The van der Waals surface area contributed by atoms with Crippen LogP contribution in [0.15, 0.2) is 29.4 Å². The second kappa shape index (κ2) is 7.09. The minimum Gasteiger partial charge on any atom is -0.325 e. The first kappa shape index (κ1) is 14.6. The van der Waals surface area contributed by atoms with E-state index in [2.05, 4.69) is 27.4 Å². The summed E-state index contributed by atoms with van der Waals surface area (Å²) in [6, 6.07) is 7.88. The van der Waals surface area contributed by atoms with E-state index in [9.17, 15) is 4.79 Å². The van der Waals surface area contributed by atoms with Gasteiger partial charge in [-0.25, -0.2) is 4.98 Å². The van der Waals surface area contributed by atoms with Gasteiger partial charge in [0.05, 0.1) is 5.75 Å². The Hall–Kier alpha value is -1.82. The summed E-state index contributed by atoms with van der Waals surface area (Å²) >= 11 is 1.33. The third-order valence-corrected chi connectivity index (χ3v) is 3.67. The number of aromatic nitrogens is 3. The monoisotopic (exact) mass is 290 g/mol. The first-order valence-electron chi connectivity index (χ1n) is 6.64. The summed E-state index contributed by atoms with van der Waals surface area (Å²) in [7, 11) is 0. The number of aryl methyl sites for hydroxylation is 2. The largest absolute Gasteiger partial charge is 0.325 e. The van der Waals surface area contributed by atoms with Gasteiger partial charge in [-0.2, -0.15) is 0 Å². The summed E-state index contributed by atoms with van der Waals surface area (Å²) in [4.78, 5) is 16.1. The van der Waals surface area contributed by atoms with Crippen LogP contribution in [0.1, 0.15) is 25.2 Å². The van der Waals surface area contributed by atoms with Gasteiger partial charge >= 0.3 is 0 Å². The number of carbonyl (C=O) groups is 1. The lowest BCUT2D eigenvalue weighted by Crippen LogP contribution is -2.14. The Morgan fingerprint density at radius 3 is 2.60 bits per heavy atom. The number of nitrogens with zero attached hydrogens (tertiary/aromatic N) is 2. The van der Waals surface area contributed by atoms with Gasteiger partial charge in [-0.1, -0.05) is 37.7 Å². The van der Waals surface area contributed by atoms with Crippen molar-refractivity contribution in [1.82, 2.24) is 15.2 Å². The second-order valence-corrected chi connectivity index (χ2v) is 5.25. The molecule has 0 aliphatic heterocycles. The molecule has 1 aromatic carbocycles. The fourth-order valence-electron chi connectivity index (χ4n) is 1.65. The summed E-state index contributed by atoms with van der Waals surface area (Å²) in [5.41, 5.74) is 2.07. The summed E-state index contributed by atoms with van der Waals surface area (Å²) in [6.07, 6.45) is 1.80. The van der Waals surface area contributed by atoms with Crippen LogP contribution in [-0.2, 0) is 17.6 Å². The van der Waals surface area contributed by atoms with Crippen LogP contribution < -0.4 is 5.32 Å². The predicted molar refractivity (Wildman–Crippen MR) is 80.9 cm³/mol. The summed E-state index contributed by atoms with van der Waals surface area (Å²) in [5.74, 6) is 1.08. The van der Waals surface area contributed by atoms with E-state index in [1.165, 1.54) is 17.3 Å². The standard InChI is InChI=1S/C14H18N4OS/c1-3-10-5-7-11(8-6-10)15-13(19)9-20-14-16-12(4-2)17-18-14/h5-8H,3-4,9H2,1-2H3,(H,15,19)(H,16,17,18). The van der Waals surface area contributed by atoms with Crippen molar-refractivity contribution in [2.24, 2.45) is 0 Å². The number of anilines is 1. The molecule has 0 spiro atoms. The number of nitrogens with one attached hydrogen (secondary N) is 2. The molecule has 2 rings (SSSR count). The highest BCUT2D eigenvalue weighted by atomic mass is 32.2. The smallest absolute Gasteiger partial charge is 0.234 e. The van der Waals surface area contributed by atoms with E-state index < -0.39 is 0 Å². The fourth-order valence-corrected chi connectivity index (χ4v) is 2.27. The summed E-state index contributed by atoms with van der Waals surface area (Å²) in [6.45, 7) is 4.10. The third kappa shape index (κ3) is 4.09. The zero-order valence-electron chi connectivity index (χ0n) is 11.6. The van der Waals surface area contributed by atoms with Crippen molar-refractivity contribution in [2.75, 3.05) is 11.1 Å². The van der Waals surface area contributed by atoms with Gasteiger partial charge < -0.3 is 5.32 Å². The molecule has 20 heavy (non-hydrogen) atoms. The van der Waals surface area contributed by atoms with Crippen molar-refractivity contribution >= 4 is 23.4 Å². The molecule has 1 amide bonds. The van der Waals surface area contributed by atoms with Gasteiger partial charge in [-0.3, -0.25) is 9.89 Å². The zero-order chi connectivity index (χ0) is 14.4. The fraction of sp³-hybridized carbons (Fsp3) is 0.357. The number of aromatic amines is 1. The number of H-pyrrole nitrogens is 1. The molecule has 106 valence electrons. The summed E-state index contributed by atoms with van der Waals surface area (Å²) < 4.78 is 0. The zero-order valence-corrected chi connectivity index (χ0v) is 12.5. The maximum atomic E-state index is 11.8. The third-order valence-electron chi connectivity index (χ3n) is 2.82. The maximum Gasteiger partial charge on any atom is 0.234 e. The number of rotatable bonds is 6. The van der Waals surface area contributed by atoms with Gasteiger partial charge in [0, 0.05) is 12.1 Å². The van der Waals surface area contributed by atoms with Crippen LogP contribution in [0.25, 0.3) is 0 Å².